The Morgan fingerprint density at radius 3 is 1.96 bits per heavy atom. The van der Waals surface area contributed by atoms with Gasteiger partial charge in [-0.15, -0.1) is 0 Å². The second kappa shape index (κ2) is 7.65. The van der Waals surface area contributed by atoms with E-state index in [0.717, 1.165) is 17.2 Å². The van der Waals surface area contributed by atoms with Gasteiger partial charge in [0.05, 0.1) is 0 Å². The number of aromatic nitrogens is 2. The lowest BCUT2D eigenvalue weighted by Crippen LogP contribution is -2.13. The van der Waals surface area contributed by atoms with Crippen molar-refractivity contribution in [3.8, 4) is 0 Å². The number of nitrogens with zero attached hydrogens (tertiary/aromatic N) is 2. The molecule has 2 aromatic rings. The molecule has 2 rings (SSSR count). The molecular weight excluding hydrogens is 296 g/mol. The van der Waals surface area contributed by atoms with Crippen molar-refractivity contribution in [2.75, 3.05) is 10.6 Å². The maximum atomic E-state index is 4.64. The van der Waals surface area contributed by atoms with Crippen LogP contribution in [0.1, 0.15) is 70.2 Å². The van der Waals surface area contributed by atoms with Crippen LogP contribution in [0.2, 0.25) is 0 Å². The van der Waals surface area contributed by atoms with Crippen molar-refractivity contribution in [3.63, 3.8) is 0 Å². The van der Waals surface area contributed by atoms with E-state index in [9.17, 15) is 0 Å². The second-order valence-electron chi connectivity index (χ2n) is 7.26. The van der Waals surface area contributed by atoms with E-state index in [1.807, 2.05) is 13.0 Å². The van der Waals surface area contributed by atoms with Crippen molar-refractivity contribution in [1.29, 1.82) is 0 Å². The molecule has 0 atom stereocenters. The van der Waals surface area contributed by atoms with Crippen molar-refractivity contribution in [2.24, 2.45) is 0 Å². The molecule has 0 spiro atoms. The van der Waals surface area contributed by atoms with Crippen LogP contribution in [0.4, 0.5) is 17.5 Å². The lowest BCUT2D eigenvalue weighted by atomic mass is 9.93. The topological polar surface area (TPSA) is 49.8 Å². The predicted molar refractivity (Wildman–Crippen MR) is 103 cm³/mol. The monoisotopic (exact) mass is 326 g/mol. The average Bonchev–Trinajstić information content (AvgIpc) is 2.45. The first-order valence-corrected chi connectivity index (χ1v) is 8.80. The Morgan fingerprint density at radius 2 is 1.46 bits per heavy atom. The molecule has 4 nitrogen and oxygen atoms in total. The zero-order valence-electron chi connectivity index (χ0n) is 15.9. The van der Waals surface area contributed by atoms with Crippen LogP contribution in [0.5, 0.6) is 0 Å². The van der Waals surface area contributed by atoms with Crippen molar-refractivity contribution < 1.29 is 0 Å². The maximum absolute atomic E-state index is 4.64. The van der Waals surface area contributed by atoms with Crippen molar-refractivity contribution >= 4 is 17.5 Å². The molecule has 0 unspecified atom stereocenters. The van der Waals surface area contributed by atoms with Gasteiger partial charge in [0.25, 0.3) is 0 Å². The van der Waals surface area contributed by atoms with E-state index >= 15 is 0 Å². The Balaban J connectivity index is 2.45. The van der Waals surface area contributed by atoms with E-state index in [-0.39, 0.29) is 0 Å². The summed E-state index contributed by atoms with van der Waals surface area (Å²) in [5.74, 6) is 2.37. The van der Waals surface area contributed by atoms with E-state index in [0.29, 0.717) is 23.8 Å². The summed E-state index contributed by atoms with van der Waals surface area (Å²) in [5, 5.41) is 6.85. The number of para-hydroxylation sites is 1. The van der Waals surface area contributed by atoms with Gasteiger partial charge in [0.1, 0.15) is 5.82 Å². The molecule has 4 heteroatoms. The highest BCUT2D eigenvalue weighted by molar-refractivity contribution is 5.66. The minimum Gasteiger partial charge on any atom is -0.368 e. The van der Waals surface area contributed by atoms with Gasteiger partial charge in [-0.3, -0.25) is 0 Å². The summed E-state index contributed by atoms with van der Waals surface area (Å²) in [5.41, 5.74) is 4.68. The third-order valence-corrected chi connectivity index (χ3v) is 3.90. The summed E-state index contributed by atoms with van der Waals surface area (Å²) < 4.78 is 0. The van der Waals surface area contributed by atoms with Crippen LogP contribution in [-0.4, -0.2) is 16.0 Å². The van der Waals surface area contributed by atoms with Crippen LogP contribution in [-0.2, 0) is 0 Å². The number of benzene rings is 1. The molecule has 1 aromatic heterocycles. The normalized spacial score (nSPS) is 11.4. The molecule has 0 amide bonds. The third kappa shape index (κ3) is 4.47. The Morgan fingerprint density at radius 1 is 0.875 bits per heavy atom. The van der Waals surface area contributed by atoms with Crippen LogP contribution >= 0.6 is 0 Å². The molecule has 0 aliphatic rings. The number of nitrogens with one attached hydrogen (secondary N) is 2. The van der Waals surface area contributed by atoms with E-state index in [4.69, 9.17) is 0 Å². The number of hydrogen-bond acceptors (Lipinski definition) is 4. The molecule has 0 saturated heterocycles. The van der Waals surface area contributed by atoms with Crippen LogP contribution < -0.4 is 10.6 Å². The Kier molecular flexibility index (Phi) is 5.81. The van der Waals surface area contributed by atoms with Crippen molar-refractivity contribution in [1.82, 2.24) is 9.97 Å². The number of rotatable bonds is 6. The summed E-state index contributed by atoms with van der Waals surface area (Å²) in [6.45, 7) is 15.1. The summed E-state index contributed by atoms with van der Waals surface area (Å²) >= 11 is 0. The fourth-order valence-corrected chi connectivity index (χ4v) is 2.80. The molecule has 1 heterocycles. The molecular formula is C20H30N4. The van der Waals surface area contributed by atoms with Gasteiger partial charge in [-0.1, -0.05) is 45.9 Å². The van der Waals surface area contributed by atoms with E-state index < -0.39 is 0 Å². The lowest BCUT2D eigenvalue weighted by molar-refractivity contribution is 0.836. The van der Waals surface area contributed by atoms with E-state index in [1.165, 1.54) is 11.1 Å². The van der Waals surface area contributed by atoms with Gasteiger partial charge in [0.2, 0.25) is 5.95 Å². The molecule has 0 radical (unpaired) electrons. The summed E-state index contributed by atoms with van der Waals surface area (Å²) in [6.07, 6.45) is 0. The predicted octanol–water partition coefficient (Wildman–Crippen LogP) is 5.60. The van der Waals surface area contributed by atoms with Crippen LogP contribution in [0, 0.1) is 6.92 Å². The molecule has 1 aromatic carbocycles. The number of hydrogen-bond donors (Lipinski definition) is 2. The van der Waals surface area contributed by atoms with Crippen molar-refractivity contribution in [3.05, 3.63) is 41.1 Å². The molecule has 0 fully saturated rings. The average molecular weight is 326 g/mol. The minimum atomic E-state index is 0.335. The Hall–Kier alpha value is -2.10. The maximum Gasteiger partial charge on any atom is 0.229 e. The summed E-state index contributed by atoms with van der Waals surface area (Å²) in [7, 11) is 0. The fraction of sp³-hybridized carbons (Fsp3) is 0.500. The van der Waals surface area contributed by atoms with Gasteiger partial charge >= 0.3 is 0 Å². The van der Waals surface area contributed by atoms with Crippen LogP contribution in [0.25, 0.3) is 0 Å². The highest BCUT2D eigenvalue weighted by Gasteiger charge is 2.15. The van der Waals surface area contributed by atoms with Gasteiger partial charge in [0, 0.05) is 23.5 Å². The molecule has 24 heavy (non-hydrogen) atoms. The molecule has 0 aliphatic heterocycles. The van der Waals surface area contributed by atoms with E-state index in [2.05, 4.69) is 80.3 Å². The SMILES string of the molecule is Cc1cc(NC(C)C)nc(Nc2c(C(C)C)cccc2C(C)C)n1. The van der Waals surface area contributed by atoms with Gasteiger partial charge in [0.15, 0.2) is 0 Å². The molecule has 0 saturated carbocycles. The van der Waals surface area contributed by atoms with Gasteiger partial charge in [-0.05, 0) is 43.7 Å². The highest BCUT2D eigenvalue weighted by atomic mass is 15.1. The highest BCUT2D eigenvalue weighted by Crippen LogP contribution is 2.34. The minimum absolute atomic E-state index is 0.335. The molecule has 0 bridgehead atoms. The number of aryl methyl sites for hydroxylation is 1. The first-order valence-electron chi connectivity index (χ1n) is 8.80. The van der Waals surface area contributed by atoms with Crippen LogP contribution in [0.3, 0.4) is 0 Å². The van der Waals surface area contributed by atoms with Gasteiger partial charge in [-0.25, -0.2) is 4.98 Å². The standard InChI is InChI=1S/C20H30N4/c1-12(2)16-9-8-10-17(13(3)4)19(16)24-20-22-15(7)11-18(23-20)21-14(5)6/h8-14H,1-7H3,(H2,21,22,23,24). The Labute approximate surface area is 146 Å². The Bertz CT molecular complexity index is 664. The lowest BCUT2D eigenvalue weighted by Gasteiger charge is -2.20. The first kappa shape index (κ1) is 18.2. The molecule has 2 N–H and O–H groups in total. The summed E-state index contributed by atoms with van der Waals surface area (Å²) in [6, 6.07) is 8.81. The quantitative estimate of drug-likeness (QED) is 0.726. The smallest absolute Gasteiger partial charge is 0.229 e. The van der Waals surface area contributed by atoms with Crippen molar-refractivity contribution in [2.45, 2.75) is 66.3 Å². The molecule has 130 valence electrons. The number of anilines is 3. The third-order valence-electron chi connectivity index (χ3n) is 3.90. The zero-order chi connectivity index (χ0) is 17.9. The van der Waals surface area contributed by atoms with E-state index in [1.54, 1.807) is 0 Å². The van der Waals surface area contributed by atoms with Crippen LogP contribution in [0.15, 0.2) is 24.3 Å². The largest absolute Gasteiger partial charge is 0.368 e. The zero-order valence-corrected chi connectivity index (χ0v) is 15.9. The second-order valence-corrected chi connectivity index (χ2v) is 7.26. The summed E-state index contributed by atoms with van der Waals surface area (Å²) in [4.78, 5) is 9.21. The molecule has 0 aliphatic carbocycles. The van der Waals surface area contributed by atoms with Gasteiger partial charge < -0.3 is 10.6 Å². The fourth-order valence-electron chi connectivity index (χ4n) is 2.80. The van der Waals surface area contributed by atoms with Gasteiger partial charge in [-0.2, -0.15) is 4.98 Å². The first-order chi connectivity index (χ1) is 11.3.